The summed E-state index contributed by atoms with van der Waals surface area (Å²) in [6, 6.07) is 9.70. The number of para-hydroxylation sites is 1. The smallest absolute Gasteiger partial charge is 0.223 e. The average Bonchev–Trinajstić information content (AvgIpc) is 2.84. The summed E-state index contributed by atoms with van der Waals surface area (Å²) in [5.41, 5.74) is 2.06. The Morgan fingerprint density at radius 1 is 1.21 bits per heavy atom. The van der Waals surface area contributed by atoms with Crippen molar-refractivity contribution in [1.82, 2.24) is 4.98 Å². The predicted octanol–water partition coefficient (Wildman–Crippen LogP) is 3.67. The van der Waals surface area contributed by atoms with Crippen LogP contribution in [0.1, 0.15) is 23.4 Å². The van der Waals surface area contributed by atoms with Crippen molar-refractivity contribution in [3.63, 3.8) is 0 Å². The Balaban J connectivity index is 1.87. The number of aryl methyl sites for hydroxylation is 2. The second-order valence-electron chi connectivity index (χ2n) is 4.98. The maximum Gasteiger partial charge on any atom is 0.223 e. The first kappa shape index (κ1) is 12.9. The summed E-state index contributed by atoms with van der Waals surface area (Å²) in [6.45, 7) is 1.77. The third-order valence-electron chi connectivity index (χ3n) is 3.32. The lowest BCUT2D eigenvalue weighted by atomic mass is 10.0. The summed E-state index contributed by atoms with van der Waals surface area (Å²) in [7, 11) is -2.61. The standard InChI is InChI=1S/C14H17N2OPS/c1-18(17,16-11-7-3-2-4-8-11)14-15-12-9-5-6-10-13(12)19-14/h2-4,7-8H,5-6,9-10H2,1H3,(H,16,17)/t18-/m1/s1. The van der Waals surface area contributed by atoms with E-state index in [1.165, 1.54) is 23.4 Å². The van der Waals surface area contributed by atoms with Gasteiger partial charge in [0.25, 0.3) is 0 Å². The summed E-state index contributed by atoms with van der Waals surface area (Å²) in [5, 5.41) is 3.15. The van der Waals surface area contributed by atoms with E-state index in [0.717, 1.165) is 23.3 Å². The van der Waals surface area contributed by atoms with Crippen molar-refractivity contribution in [3.05, 3.63) is 40.9 Å². The SMILES string of the molecule is C[P@](=O)(Nc1ccccc1)c1nc2c(s1)CCCC2. The van der Waals surface area contributed by atoms with Gasteiger partial charge in [-0.25, -0.2) is 4.98 Å². The van der Waals surface area contributed by atoms with E-state index in [0.29, 0.717) is 0 Å². The number of benzene rings is 1. The van der Waals surface area contributed by atoms with E-state index in [9.17, 15) is 4.57 Å². The first-order chi connectivity index (χ1) is 9.15. The third-order valence-corrected chi connectivity index (χ3v) is 7.11. The molecule has 0 unspecified atom stereocenters. The summed E-state index contributed by atoms with van der Waals surface area (Å²) < 4.78 is 13.6. The average molecular weight is 292 g/mol. The molecule has 0 spiro atoms. The molecule has 0 radical (unpaired) electrons. The van der Waals surface area contributed by atoms with Crippen molar-refractivity contribution in [2.24, 2.45) is 0 Å². The Bertz CT molecular complexity index is 600. The topological polar surface area (TPSA) is 42.0 Å². The van der Waals surface area contributed by atoms with Crippen LogP contribution in [0.3, 0.4) is 0 Å². The molecule has 0 bridgehead atoms. The zero-order valence-corrected chi connectivity index (χ0v) is 12.6. The Kier molecular flexibility index (Phi) is 3.46. The van der Waals surface area contributed by atoms with Crippen molar-refractivity contribution in [3.8, 4) is 0 Å². The third kappa shape index (κ3) is 2.75. The minimum absolute atomic E-state index is 0.767. The van der Waals surface area contributed by atoms with Crippen LogP contribution in [0.25, 0.3) is 0 Å². The van der Waals surface area contributed by atoms with Crippen LogP contribution in [-0.4, -0.2) is 11.6 Å². The predicted molar refractivity (Wildman–Crippen MR) is 82.0 cm³/mol. The Hall–Kier alpha value is -1.12. The first-order valence-corrected chi connectivity index (χ1v) is 9.52. The summed E-state index contributed by atoms with van der Waals surface area (Å²) in [6.07, 6.45) is 4.57. The van der Waals surface area contributed by atoms with Crippen molar-refractivity contribution < 1.29 is 4.57 Å². The molecule has 1 aromatic heterocycles. The number of anilines is 1. The zero-order valence-electron chi connectivity index (χ0n) is 10.9. The molecular weight excluding hydrogens is 275 g/mol. The lowest BCUT2D eigenvalue weighted by Gasteiger charge is -2.13. The maximum absolute atomic E-state index is 12.8. The van der Waals surface area contributed by atoms with Crippen LogP contribution in [0, 0.1) is 0 Å². The van der Waals surface area contributed by atoms with E-state index in [4.69, 9.17) is 0 Å². The molecule has 2 aromatic rings. The molecule has 3 rings (SSSR count). The number of hydrogen-bond donors (Lipinski definition) is 1. The highest BCUT2D eigenvalue weighted by Gasteiger charge is 2.25. The lowest BCUT2D eigenvalue weighted by molar-refractivity contribution is 0.587. The van der Waals surface area contributed by atoms with Gasteiger partial charge >= 0.3 is 0 Å². The molecule has 1 heterocycles. The van der Waals surface area contributed by atoms with E-state index < -0.39 is 7.29 Å². The van der Waals surface area contributed by atoms with Gasteiger partial charge in [0.05, 0.1) is 5.69 Å². The molecular formula is C14H17N2OPS. The number of fused-ring (bicyclic) bond motifs is 1. The Morgan fingerprint density at radius 2 is 1.95 bits per heavy atom. The second kappa shape index (κ2) is 5.10. The van der Waals surface area contributed by atoms with E-state index in [2.05, 4.69) is 10.1 Å². The molecule has 0 saturated heterocycles. The van der Waals surface area contributed by atoms with Gasteiger partial charge in [-0.15, -0.1) is 11.3 Å². The van der Waals surface area contributed by atoms with Gasteiger partial charge < -0.3 is 5.09 Å². The summed E-state index contributed by atoms with van der Waals surface area (Å²) in [5.74, 6) is 0. The van der Waals surface area contributed by atoms with E-state index in [-0.39, 0.29) is 0 Å². The highest BCUT2D eigenvalue weighted by Crippen LogP contribution is 2.42. The molecule has 100 valence electrons. The van der Waals surface area contributed by atoms with Gasteiger partial charge in [0.1, 0.15) is 0 Å². The molecule has 0 fully saturated rings. The molecule has 1 aliphatic carbocycles. The van der Waals surface area contributed by atoms with Crippen molar-refractivity contribution in [2.45, 2.75) is 25.7 Å². The molecule has 0 amide bonds. The minimum atomic E-state index is -2.61. The first-order valence-electron chi connectivity index (χ1n) is 6.55. The zero-order chi connectivity index (χ0) is 13.3. The molecule has 19 heavy (non-hydrogen) atoms. The summed E-state index contributed by atoms with van der Waals surface area (Å²) >= 11 is 1.62. The van der Waals surface area contributed by atoms with E-state index in [1.807, 2.05) is 30.3 Å². The number of hydrogen-bond acceptors (Lipinski definition) is 3. The van der Waals surface area contributed by atoms with Crippen molar-refractivity contribution >= 4 is 29.1 Å². The van der Waals surface area contributed by atoms with Crippen LogP contribution in [0.4, 0.5) is 5.69 Å². The van der Waals surface area contributed by atoms with E-state index in [1.54, 1.807) is 18.0 Å². The molecule has 3 nitrogen and oxygen atoms in total. The molecule has 1 atom stereocenters. The normalized spacial score (nSPS) is 17.5. The van der Waals surface area contributed by atoms with Gasteiger partial charge in [-0.3, -0.25) is 4.57 Å². The number of thiazole rings is 1. The van der Waals surface area contributed by atoms with Crippen LogP contribution >= 0.6 is 18.6 Å². The second-order valence-corrected chi connectivity index (χ2v) is 8.86. The van der Waals surface area contributed by atoms with Gasteiger partial charge in [0, 0.05) is 17.2 Å². The fraction of sp³-hybridized carbons (Fsp3) is 0.357. The molecule has 1 aliphatic rings. The van der Waals surface area contributed by atoms with Crippen LogP contribution in [0.5, 0.6) is 0 Å². The molecule has 1 N–H and O–H groups in total. The molecule has 0 aliphatic heterocycles. The van der Waals surface area contributed by atoms with Crippen LogP contribution in [-0.2, 0) is 17.4 Å². The number of aromatic nitrogens is 1. The minimum Gasteiger partial charge on any atom is -0.331 e. The fourth-order valence-electron chi connectivity index (χ4n) is 2.33. The van der Waals surface area contributed by atoms with Crippen LogP contribution in [0.2, 0.25) is 0 Å². The number of nitrogens with zero attached hydrogens (tertiary/aromatic N) is 1. The largest absolute Gasteiger partial charge is 0.331 e. The van der Waals surface area contributed by atoms with Gasteiger partial charge in [0.2, 0.25) is 7.29 Å². The van der Waals surface area contributed by atoms with E-state index >= 15 is 0 Å². The fourth-order valence-corrected chi connectivity index (χ4v) is 5.43. The maximum atomic E-state index is 12.8. The highest BCUT2D eigenvalue weighted by atomic mass is 32.1. The van der Waals surface area contributed by atoms with Gasteiger partial charge in [-0.2, -0.15) is 0 Å². The van der Waals surface area contributed by atoms with Crippen LogP contribution in [0.15, 0.2) is 30.3 Å². The van der Waals surface area contributed by atoms with Gasteiger partial charge in [0.15, 0.2) is 4.75 Å². The van der Waals surface area contributed by atoms with Crippen LogP contribution < -0.4 is 9.84 Å². The molecule has 0 saturated carbocycles. The molecule has 5 heteroatoms. The quantitative estimate of drug-likeness (QED) is 0.878. The summed E-state index contributed by atoms with van der Waals surface area (Å²) in [4.78, 5) is 5.94. The van der Waals surface area contributed by atoms with Gasteiger partial charge in [-0.05, 0) is 37.8 Å². The number of nitrogens with one attached hydrogen (secondary N) is 1. The number of rotatable bonds is 3. The Morgan fingerprint density at radius 3 is 2.68 bits per heavy atom. The Labute approximate surface area is 117 Å². The van der Waals surface area contributed by atoms with Crippen molar-refractivity contribution in [2.75, 3.05) is 11.8 Å². The molecule has 1 aromatic carbocycles. The van der Waals surface area contributed by atoms with Crippen molar-refractivity contribution in [1.29, 1.82) is 0 Å². The highest BCUT2D eigenvalue weighted by molar-refractivity contribution is 7.77. The monoisotopic (exact) mass is 292 g/mol. The lowest BCUT2D eigenvalue weighted by Crippen LogP contribution is -2.10. The van der Waals surface area contributed by atoms with Gasteiger partial charge in [-0.1, -0.05) is 18.2 Å².